The molecule has 7 heteroatoms. The van der Waals surface area contributed by atoms with Gasteiger partial charge in [-0.2, -0.15) is 0 Å². The molecule has 0 aliphatic rings. The lowest BCUT2D eigenvalue weighted by atomic mass is 10.2. The molecule has 2 aromatic rings. The van der Waals surface area contributed by atoms with Crippen LogP contribution in [0.1, 0.15) is 17.3 Å². The number of nitrogens with one attached hydrogen (secondary N) is 2. The summed E-state index contributed by atoms with van der Waals surface area (Å²) in [6.07, 6.45) is 0. The van der Waals surface area contributed by atoms with Crippen molar-refractivity contribution in [3.8, 4) is 0 Å². The second-order valence-corrected chi connectivity index (χ2v) is 5.34. The summed E-state index contributed by atoms with van der Waals surface area (Å²) in [6.45, 7) is 2.04. The first-order valence-electron chi connectivity index (χ1n) is 6.80. The predicted octanol–water partition coefficient (Wildman–Crippen LogP) is 4.81. The summed E-state index contributed by atoms with van der Waals surface area (Å²) in [6, 6.07) is 10.6. The average Bonchev–Trinajstić information content (AvgIpc) is 2.52. The second kappa shape index (κ2) is 7.85. The maximum Gasteiger partial charge on any atom is 0.338 e. The molecule has 23 heavy (non-hydrogen) atoms. The van der Waals surface area contributed by atoms with Crippen molar-refractivity contribution in [3.05, 3.63) is 58.1 Å². The van der Waals surface area contributed by atoms with Crippen LogP contribution >= 0.6 is 23.2 Å². The highest BCUT2D eigenvalue weighted by molar-refractivity contribution is 6.35. The van der Waals surface area contributed by atoms with Crippen LogP contribution in [0.15, 0.2) is 42.5 Å². The molecule has 2 N–H and O–H groups in total. The van der Waals surface area contributed by atoms with Gasteiger partial charge in [0.2, 0.25) is 0 Å². The van der Waals surface area contributed by atoms with E-state index in [0.29, 0.717) is 33.6 Å². The van der Waals surface area contributed by atoms with Crippen molar-refractivity contribution < 1.29 is 14.3 Å². The van der Waals surface area contributed by atoms with E-state index in [1.54, 1.807) is 49.4 Å². The maximum absolute atomic E-state index is 12.0. The molecule has 0 unspecified atom stereocenters. The molecule has 0 atom stereocenters. The average molecular weight is 353 g/mol. The minimum absolute atomic E-state index is 0.307. The van der Waals surface area contributed by atoms with Crippen LogP contribution in [0.2, 0.25) is 10.0 Å². The number of esters is 1. The Labute approximate surface area is 143 Å². The van der Waals surface area contributed by atoms with E-state index in [1.165, 1.54) is 0 Å². The van der Waals surface area contributed by atoms with Gasteiger partial charge in [0, 0.05) is 10.7 Å². The molecule has 0 saturated heterocycles. The first-order valence-corrected chi connectivity index (χ1v) is 7.55. The molecular weight excluding hydrogens is 339 g/mol. The fourth-order valence-corrected chi connectivity index (χ4v) is 2.12. The van der Waals surface area contributed by atoms with E-state index in [4.69, 9.17) is 27.9 Å². The van der Waals surface area contributed by atoms with E-state index >= 15 is 0 Å². The highest BCUT2D eigenvalue weighted by Gasteiger charge is 2.09. The Morgan fingerprint density at radius 1 is 1.04 bits per heavy atom. The molecule has 0 saturated carbocycles. The van der Waals surface area contributed by atoms with Crippen molar-refractivity contribution in [3.63, 3.8) is 0 Å². The number of halogens is 2. The van der Waals surface area contributed by atoms with Gasteiger partial charge < -0.3 is 15.4 Å². The number of benzene rings is 2. The number of hydrogen-bond acceptors (Lipinski definition) is 3. The smallest absolute Gasteiger partial charge is 0.338 e. The Morgan fingerprint density at radius 2 is 1.74 bits per heavy atom. The van der Waals surface area contributed by atoms with Crippen LogP contribution in [0.25, 0.3) is 0 Å². The number of anilines is 2. The van der Waals surface area contributed by atoms with Crippen LogP contribution in [0.4, 0.5) is 16.2 Å². The lowest BCUT2D eigenvalue weighted by Gasteiger charge is -2.10. The van der Waals surface area contributed by atoms with Crippen LogP contribution in [0, 0.1) is 0 Å². The molecule has 0 heterocycles. The number of amides is 2. The van der Waals surface area contributed by atoms with Crippen molar-refractivity contribution in [1.82, 2.24) is 0 Å². The highest BCUT2D eigenvalue weighted by Crippen LogP contribution is 2.25. The monoisotopic (exact) mass is 352 g/mol. The summed E-state index contributed by atoms with van der Waals surface area (Å²) in [4.78, 5) is 23.5. The van der Waals surface area contributed by atoms with Gasteiger partial charge in [-0.1, -0.05) is 23.2 Å². The van der Waals surface area contributed by atoms with Crippen molar-refractivity contribution >= 4 is 46.6 Å². The van der Waals surface area contributed by atoms with Crippen LogP contribution in [0.3, 0.4) is 0 Å². The van der Waals surface area contributed by atoms with E-state index in [0.717, 1.165) is 0 Å². The number of rotatable bonds is 4. The standard InChI is InChI=1S/C16H14Cl2N2O3/c1-2-23-15(21)10-3-6-12(7-4-10)19-16(22)20-14-9-11(17)5-8-13(14)18/h3-9H,2H2,1H3,(H2,19,20,22). The van der Waals surface area contributed by atoms with Crippen LogP contribution in [0.5, 0.6) is 0 Å². The minimum Gasteiger partial charge on any atom is -0.462 e. The van der Waals surface area contributed by atoms with E-state index in [-0.39, 0.29) is 0 Å². The molecule has 120 valence electrons. The molecular formula is C16H14Cl2N2O3. The maximum atomic E-state index is 12.0. The summed E-state index contributed by atoms with van der Waals surface area (Å²) in [5.41, 5.74) is 1.34. The van der Waals surface area contributed by atoms with Gasteiger partial charge in [0.15, 0.2) is 0 Å². The summed E-state index contributed by atoms with van der Waals surface area (Å²) in [7, 11) is 0. The Kier molecular flexibility index (Phi) is 5.84. The quantitative estimate of drug-likeness (QED) is 0.775. The van der Waals surface area contributed by atoms with Gasteiger partial charge in [0.25, 0.3) is 0 Å². The van der Waals surface area contributed by atoms with Gasteiger partial charge >= 0.3 is 12.0 Å². The summed E-state index contributed by atoms with van der Waals surface area (Å²) in [5, 5.41) is 6.07. The van der Waals surface area contributed by atoms with E-state index < -0.39 is 12.0 Å². The summed E-state index contributed by atoms with van der Waals surface area (Å²) >= 11 is 11.8. The first kappa shape index (κ1) is 17.1. The molecule has 0 aromatic heterocycles. The van der Waals surface area contributed by atoms with E-state index in [1.807, 2.05) is 0 Å². The number of carbonyl (C=O) groups is 2. The zero-order valence-electron chi connectivity index (χ0n) is 12.2. The van der Waals surface area contributed by atoms with Gasteiger partial charge in [-0.15, -0.1) is 0 Å². The SMILES string of the molecule is CCOC(=O)c1ccc(NC(=O)Nc2cc(Cl)ccc2Cl)cc1. The largest absolute Gasteiger partial charge is 0.462 e. The van der Waals surface area contributed by atoms with Crippen molar-refractivity contribution in [1.29, 1.82) is 0 Å². The van der Waals surface area contributed by atoms with E-state index in [9.17, 15) is 9.59 Å². The Morgan fingerprint density at radius 3 is 2.39 bits per heavy atom. The lowest BCUT2D eigenvalue weighted by Crippen LogP contribution is -2.19. The molecule has 0 aliphatic heterocycles. The minimum atomic E-state index is -0.474. The third-order valence-corrected chi connectivity index (χ3v) is 3.40. The zero-order chi connectivity index (χ0) is 16.8. The van der Waals surface area contributed by atoms with Gasteiger partial charge in [-0.05, 0) is 49.4 Å². The van der Waals surface area contributed by atoms with E-state index in [2.05, 4.69) is 10.6 Å². The molecule has 2 aromatic carbocycles. The second-order valence-electron chi connectivity index (χ2n) is 4.50. The third kappa shape index (κ3) is 4.87. The van der Waals surface area contributed by atoms with Crippen LogP contribution in [-0.2, 0) is 4.74 Å². The van der Waals surface area contributed by atoms with Crippen molar-refractivity contribution in [2.75, 3.05) is 17.2 Å². The number of hydrogen-bond donors (Lipinski definition) is 2. The summed E-state index contributed by atoms with van der Waals surface area (Å²) < 4.78 is 4.89. The molecule has 2 rings (SSSR count). The molecule has 0 spiro atoms. The number of urea groups is 1. The molecule has 0 radical (unpaired) electrons. The Balaban J connectivity index is 2.00. The third-order valence-electron chi connectivity index (χ3n) is 2.83. The van der Waals surface area contributed by atoms with Gasteiger partial charge in [0.05, 0.1) is 22.9 Å². The predicted molar refractivity (Wildman–Crippen MR) is 91.5 cm³/mol. The van der Waals surface area contributed by atoms with Crippen LogP contribution < -0.4 is 10.6 Å². The Bertz CT molecular complexity index is 718. The normalized spacial score (nSPS) is 10.0. The number of carbonyl (C=O) groups excluding carboxylic acids is 2. The Hall–Kier alpha value is -2.24. The lowest BCUT2D eigenvalue weighted by molar-refractivity contribution is 0.0526. The number of ether oxygens (including phenoxy) is 1. The molecule has 0 fully saturated rings. The van der Waals surface area contributed by atoms with Gasteiger partial charge in [0.1, 0.15) is 0 Å². The van der Waals surface area contributed by atoms with Gasteiger partial charge in [-0.3, -0.25) is 0 Å². The topological polar surface area (TPSA) is 67.4 Å². The first-order chi connectivity index (χ1) is 11.0. The molecule has 0 bridgehead atoms. The van der Waals surface area contributed by atoms with Crippen molar-refractivity contribution in [2.45, 2.75) is 6.92 Å². The fourth-order valence-electron chi connectivity index (χ4n) is 1.78. The highest BCUT2D eigenvalue weighted by atomic mass is 35.5. The van der Waals surface area contributed by atoms with Crippen LogP contribution in [-0.4, -0.2) is 18.6 Å². The van der Waals surface area contributed by atoms with Crippen molar-refractivity contribution in [2.24, 2.45) is 0 Å². The molecule has 2 amide bonds. The van der Waals surface area contributed by atoms with Gasteiger partial charge in [-0.25, -0.2) is 9.59 Å². The molecule has 5 nitrogen and oxygen atoms in total. The molecule has 0 aliphatic carbocycles. The summed E-state index contributed by atoms with van der Waals surface area (Å²) in [5.74, 6) is -0.408. The fraction of sp³-hybridized carbons (Fsp3) is 0.125. The zero-order valence-corrected chi connectivity index (χ0v) is 13.7.